The van der Waals surface area contributed by atoms with Crippen molar-refractivity contribution in [1.29, 1.82) is 0 Å². The fourth-order valence-corrected chi connectivity index (χ4v) is 9.01. The lowest BCUT2D eigenvalue weighted by Gasteiger charge is -2.11. The maximum atomic E-state index is 5.21. The van der Waals surface area contributed by atoms with Gasteiger partial charge in [0.25, 0.3) is 0 Å². The van der Waals surface area contributed by atoms with Gasteiger partial charge in [0.15, 0.2) is 11.6 Å². The molecule has 0 saturated heterocycles. The van der Waals surface area contributed by atoms with E-state index in [0.717, 1.165) is 22.2 Å². The Balaban J connectivity index is 1.20. The van der Waals surface area contributed by atoms with Gasteiger partial charge in [-0.2, -0.15) is 9.97 Å². The van der Waals surface area contributed by atoms with Gasteiger partial charge in [-0.05, 0) is 63.4 Å². The Morgan fingerprint density at radius 3 is 1.56 bits per heavy atom. The van der Waals surface area contributed by atoms with E-state index in [1.54, 1.807) is 0 Å². The Morgan fingerprint density at radius 2 is 0.870 bits per heavy atom. The van der Waals surface area contributed by atoms with Crippen molar-refractivity contribution in [2.75, 3.05) is 0 Å². The summed E-state index contributed by atoms with van der Waals surface area (Å²) < 4.78 is 4.76. The number of hydrogen-bond acceptors (Lipinski definition) is 4. The molecule has 0 saturated carbocycles. The summed E-state index contributed by atoms with van der Waals surface area (Å²) in [4.78, 5) is 15.4. The fraction of sp³-hybridized carbons (Fsp3) is 0. The lowest BCUT2D eigenvalue weighted by atomic mass is 9.97. The molecule has 0 bridgehead atoms. The topological polar surface area (TPSA) is 43.6 Å². The zero-order valence-electron chi connectivity index (χ0n) is 29.0. The molecule has 0 amide bonds. The molecule has 0 spiro atoms. The number of thiophene rings is 1. The SMILES string of the molecule is c1ccc(-c2ccc(-c3ccc4sc5ccc6c(c5c4c3)c3c4ccccc4ccc3n6-c3nc(-c4ccccc4)nc(-c4ccccc4)n3)cc2)cc1. The zero-order valence-corrected chi connectivity index (χ0v) is 29.8. The highest BCUT2D eigenvalue weighted by Gasteiger charge is 2.22. The molecule has 0 atom stereocenters. The van der Waals surface area contributed by atoms with E-state index in [0.29, 0.717) is 17.6 Å². The summed E-state index contributed by atoms with van der Waals surface area (Å²) in [6.07, 6.45) is 0. The molecule has 3 aromatic heterocycles. The molecule has 11 aromatic rings. The van der Waals surface area contributed by atoms with Crippen LogP contribution in [0, 0.1) is 0 Å². The molecular formula is C49H30N4S. The molecule has 5 heteroatoms. The van der Waals surface area contributed by atoms with Crippen molar-refractivity contribution in [3.05, 3.63) is 182 Å². The largest absolute Gasteiger partial charge is 0.278 e. The smallest absolute Gasteiger partial charge is 0.238 e. The van der Waals surface area contributed by atoms with Crippen molar-refractivity contribution in [3.63, 3.8) is 0 Å². The van der Waals surface area contributed by atoms with Crippen LogP contribution in [0.2, 0.25) is 0 Å². The normalized spacial score (nSPS) is 11.7. The number of hydrogen-bond donors (Lipinski definition) is 0. The predicted octanol–water partition coefficient (Wildman–Crippen LogP) is 13.2. The third kappa shape index (κ3) is 4.94. The van der Waals surface area contributed by atoms with Crippen LogP contribution in [-0.4, -0.2) is 19.5 Å². The zero-order chi connectivity index (χ0) is 35.6. The molecule has 0 aliphatic carbocycles. The molecule has 0 radical (unpaired) electrons. The fourth-order valence-electron chi connectivity index (χ4n) is 7.91. The van der Waals surface area contributed by atoms with E-state index in [1.807, 2.05) is 47.7 Å². The van der Waals surface area contributed by atoms with Crippen LogP contribution < -0.4 is 0 Å². The van der Waals surface area contributed by atoms with Crippen molar-refractivity contribution in [2.45, 2.75) is 0 Å². The first-order valence-corrected chi connectivity index (χ1v) is 18.9. The van der Waals surface area contributed by atoms with Gasteiger partial charge in [-0.3, -0.25) is 4.57 Å². The Labute approximate surface area is 315 Å². The van der Waals surface area contributed by atoms with Crippen molar-refractivity contribution in [2.24, 2.45) is 0 Å². The number of rotatable bonds is 5. The highest BCUT2D eigenvalue weighted by molar-refractivity contribution is 7.26. The standard InChI is InChI=1S/C49H30N4S/c1-4-12-31(13-5-1)32-20-22-33(23-21-32)37-25-28-42-39(30-37)45-43(54-42)29-27-41-46(45)44-38-19-11-10-14-34(38)24-26-40(44)53(41)49-51-47(35-15-6-2-7-16-35)50-48(52-49)36-17-8-3-9-18-36/h1-30H. The molecule has 0 aliphatic heterocycles. The molecule has 54 heavy (non-hydrogen) atoms. The van der Waals surface area contributed by atoms with Gasteiger partial charge < -0.3 is 0 Å². The molecule has 0 aliphatic rings. The minimum Gasteiger partial charge on any atom is -0.278 e. The summed E-state index contributed by atoms with van der Waals surface area (Å²) in [5.41, 5.74) is 8.85. The van der Waals surface area contributed by atoms with E-state index in [4.69, 9.17) is 15.0 Å². The third-order valence-corrected chi connectivity index (χ3v) is 11.6. The van der Waals surface area contributed by atoms with Crippen LogP contribution >= 0.6 is 11.3 Å². The highest BCUT2D eigenvalue weighted by Crippen LogP contribution is 2.46. The molecule has 8 aromatic carbocycles. The Bertz CT molecular complexity index is 3130. The third-order valence-electron chi connectivity index (χ3n) is 10.5. The van der Waals surface area contributed by atoms with Gasteiger partial charge in [0, 0.05) is 42.1 Å². The Hall–Kier alpha value is -6.95. The molecule has 252 valence electrons. The molecule has 0 fully saturated rings. The average molecular weight is 707 g/mol. The summed E-state index contributed by atoms with van der Waals surface area (Å²) in [6, 6.07) is 64.4. The first kappa shape index (κ1) is 30.7. The monoisotopic (exact) mass is 706 g/mol. The van der Waals surface area contributed by atoms with Gasteiger partial charge in [-0.25, -0.2) is 4.98 Å². The lowest BCUT2D eigenvalue weighted by Crippen LogP contribution is -2.06. The predicted molar refractivity (Wildman–Crippen MR) is 226 cm³/mol. The van der Waals surface area contributed by atoms with Crippen LogP contribution in [0.1, 0.15) is 0 Å². The molecule has 4 nitrogen and oxygen atoms in total. The van der Waals surface area contributed by atoms with Gasteiger partial charge in [0.05, 0.1) is 11.0 Å². The van der Waals surface area contributed by atoms with E-state index >= 15 is 0 Å². The van der Waals surface area contributed by atoms with Crippen LogP contribution in [0.4, 0.5) is 0 Å². The highest BCUT2D eigenvalue weighted by atomic mass is 32.1. The average Bonchev–Trinajstić information content (AvgIpc) is 3.80. The first-order chi connectivity index (χ1) is 26.8. The van der Waals surface area contributed by atoms with Gasteiger partial charge in [0.1, 0.15) is 0 Å². The summed E-state index contributed by atoms with van der Waals surface area (Å²) >= 11 is 1.85. The second kappa shape index (κ2) is 12.3. The van der Waals surface area contributed by atoms with Crippen molar-refractivity contribution in [3.8, 4) is 51.0 Å². The van der Waals surface area contributed by atoms with Gasteiger partial charge in [0.2, 0.25) is 5.95 Å². The molecule has 11 rings (SSSR count). The van der Waals surface area contributed by atoms with Crippen molar-refractivity contribution in [1.82, 2.24) is 19.5 Å². The Morgan fingerprint density at radius 1 is 0.352 bits per heavy atom. The quantitative estimate of drug-likeness (QED) is 0.179. The van der Waals surface area contributed by atoms with Crippen LogP contribution in [0.3, 0.4) is 0 Å². The van der Waals surface area contributed by atoms with E-state index in [9.17, 15) is 0 Å². The molecule has 3 heterocycles. The van der Waals surface area contributed by atoms with Gasteiger partial charge in [-0.1, -0.05) is 152 Å². The number of benzene rings is 8. The van der Waals surface area contributed by atoms with E-state index in [1.165, 1.54) is 64.0 Å². The summed E-state index contributed by atoms with van der Waals surface area (Å²) in [7, 11) is 0. The molecular weight excluding hydrogens is 677 g/mol. The maximum Gasteiger partial charge on any atom is 0.238 e. The van der Waals surface area contributed by atoms with Crippen LogP contribution in [0.15, 0.2) is 182 Å². The summed E-state index contributed by atoms with van der Waals surface area (Å²) in [6.45, 7) is 0. The van der Waals surface area contributed by atoms with Crippen molar-refractivity contribution < 1.29 is 0 Å². The van der Waals surface area contributed by atoms with Crippen LogP contribution in [-0.2, 0) is 0 Å². The van der Waals surface area contributed by atoms with Gasteiger partial charge in [-0.15, -0.1) is 11.3 Å². The lowest BCUT2D eigenvalue weighted by molar-refractivity contribution is 0.954. The minimum absolute atomic E-state index is 0.594. The van der Waals surface area contributed by atoms with Crippen molar-refractivity contribution >= 4 is 64.1 Å². The number of aromatic nitrogens is 4. The maximum absolute atomic E-state index is 5.21. The van der Waals surface area contributed by atoms with Crippen LogP contribution in [0.5, 0.6) is 0 Å². The summed E-state index contributed by atoms with van der Waals surface area (Å²) in [5.74, 6) is 1.87. The number of nitrogens with zero attached hydrogens (tertiary/aromatic N) is 4. The van der Waals surface area contributed by atoms with E-state index in [2.05, 4.69) is 150 Å². The number of fused-ring (bicyclic) bond motifs is 9. The van der Waals surface area contributed by atoms with E-state index < -0.39 is 0 Å². The summed E-state index contributed by atoms with van der Waals surface area (Å²) in [5, 5.41) is 7.34. The van der Waals surface area contributed by atoms with Crippen LogP contribution in [0.25, 0.3) is 104 Å². The molecule has 0 N–H and O–H groups in total. The first-order valence-electron chi connectivity index (χ1n) is 18.1. The van der Waals surface area contributed by atoms with Gasteiger partial charge >= 0.3 is 0 Å². The molecule has 0 unspecified atom stereocenters. The second-order valence-corrected chi connectivity index (χ2v) is 14.7. The Kier molecular flexibility index (Phi) is 7.00. The van der Waals surface area contributed by atoms with E-state index in [-0.39, 0.29) is 0 Å². The second-order valence-electron chi connectivity index (χ2n) is 13.6. The minimum atomic E-state index is 0.594.